The van der Waals surface area contributed by atoms with Crippen LogP contribution in [0.3, 0.4) is 0 Å². The van der Waals surface area contributed by atoms with Crippen LogP contribution < -0.4 is 0 Å². The van der Waals surface area contributed by atoms with Crippen molar-refractivity contribution in [3.63, 3.8) is 0 Å². The van der Waals surface area contributed by atoms with Crippen LogP contribution in [0.5, 0.6) is 0 Å². The molecule has 0 heterocycles. The van der Waals surface area contributed by atoms with Crippen molar-refractivity contribution in [3.05, 3.63) is 34.9 Å². The van der Waals surface area contributed by atoms with Crippen molar-refractivity contribution in [2.75, 3.05) is 0 Å². The predicted molar refractivity (Wildman–Crippen MR) is 63.0 cm³/mol. The van der Waals surface area contributed by atoms with Crippen LogP contribution in [0, 0.1) is 19.3 Å². The van der Waals surface area contributed by atoms with E-state index in [4.69, 9.17) is 0 Å². The van der Waals surface area contributed by atoms with E-state index in [1.807, 2.05) is 6.92 Å². The summed E-state index contributed by atoms with van der Waals surface area (Å²) < 4.78 is 0. The van der Waals surface area contributed by atoms with E-state index in [-0.39, 0.29) is 11.5 Å². The second-order valence-electron chi connectivity index (χ2n) is 5.09. The lowest BCUT2D eigenvalue weighted by Crippen LogP contribution is -2.21. The van der Waals surface area contributed by atoms with E-state index in [9.17, 15) is 5.11 Å². The number of hydrogen-bond donors (Lipinski definition) is 1. The molecule has 1 heteroatoms. The highest BCUT2D eigenvalue weighted by Crippen LogP contribution is 2.51. The average Bonchev–Trinajstić information content (AvgIpc) is 2.93. The van der Waals surface area contributed by atoms with Crippen molar-refractivity contribution in [2.24, 2.45) is 5.41 Å². The molecule has 1 aromatic carbocycles. The molecule has 0 amide bonds. The number of aliphatic hydroxyl groups excluding tert-OH is 1. The quantitative estimate of drug-likeness (QED) is 0.802. The van der Waals surface area contributed by atoms with Gasteiger partial charge in [-0.05, 0) is 56.7 Å². The fourth-order valence-corrected chi connectivity index (χ4v) is 2.38. The Morgan fingerprint density at radius 1 is 1.27 bits per heavy atom. The average molecular weight is 204 g/mol. The molecule has 1 nitrogen and oxygen atoms in total. The summed E-state index contributed by atoms with van der Waals surface area (Å²) in [5, 5.41) is 9.79. The molecule has 15 heavy (non-hydrogen) atoms. The first-order valence-electron chi connectivity index (χ1n) is 5.78. The van der Waals surface area contributed by atoms with Gasteiger partial charge in [-0.3, -0.25) is 0 Å². The van der Waals surface area contributed by atoms with Crippen molar-refractivity contribution in [1.82, 2.24) is 0 Å². The van der Waals surface area contributed by atoms with Crippen molar-refractivity contribution in [3.8, 4) is 0 Å². The van der Waals surface area contributed by atoms with Gasteiger partial charge in [0, 0.05) is 5.41 Å². The Kier molecular flexibility index (Phi) is 2.59. The normalized spacial score (nSPS) is 20.0. The number of hydrogen-bond acceptors (Lipinski definition) is 1. The van der Waals surface area contributed by atoms with Crippen LogP contribution in [0.2, 0.25) is 0 Å². The van der Waals surface area contributed by atoms with Crippen molar-refractivity contribution >= 4 is 0 Å². The Morgan fingerprint density at radius 2 is 1.80 bits per heavy atom. The third-order valence-corrected chi connectivity index (χ3v) is 3.95. The molecule has 1 atom stereocenters. The third kappa shape index (κ3) is 1.93. The summed E-state index contributed by atoms with van der Waals surface area (Å²) in [5.74, 6) is 0. The summed E-state index contributed by atoms with van der Waals surface area (Å²) in [6.45, 7) is 6.27. The van der Waals surface area contributed by atoms with Gasteiger partial charge in [0.1, 0.15) is 0 Å². The summed E-state index contributed by atoms with van der Waals surface area (Å²) in [6.07, 6.45) is 3.23. The molecule has 2 rings (SSSR count). The zero-order valence-electron chi connectivity index (χ0n) is 9.88. The third-order valence-electron chi connectivity index (χ3n) is 3.95. The molecule has 82 valence electrons. The van der Waals surface area contributed by atoms with Crippen molar-refractivity contribution in [2.45, 2.75) is 46.1 Å². The molecule has 0 bridgehead atoms. The molecule has 0 saturated heterocycles. The predicted octanol–water partition coefficient (Wildman–Crippen LogP) is 3.01. The molecule has 0 aromatic heterocycles. The van der Waals surface area contributed by atoms with Crippen LogP contribution in [-0.4, -0.2) is 11.2 Å². The number of aryl methyl sites for hydroxylation is 2. The minimum atomic E-state index is -0.170. The minimum absolute atomic E-state index is 0.170. The van der Waals surface area contributed by atoms with E-state index in [1.54, 1.807) is 0 Å². The summed E-state index contributed by atoms with van der Waals surface area (Å²) in [4.78, 5) is 0. The standard InChI is InChI=1S/C14H20O/c1-10-5-4-6-11(2)13(10)9-14(7-8-14)12(3)15/h4-6,12,15H,7-9H2,1-3H3. The van der Waals surface area contributed by atoms with Crippen LogP contribution in [0.15, 0.2) is 18.2 Å². The Bertz CT molecular complexity index is 341. The second-order valence-corrected chi connectivity index (χ2v) is 5.09. The SMILES string of the molecule is Cc1cccc(C)c1CC1(C(C)O)CC1. The number of rotatable bonds is 3. The van der Waals surface area contributed by atoms with Crippen LogP contribution in [0.1, 0.15) is 36.5 Å². The molecule has 0 radical (unpaired) electrons. The van der Waals surface area contributed by atoms with Gasteiger partial charge in [0.05, 0.1) is 6.10 Å². The smallest absolute Gasteiger partial charge is 0.0571 e. The van der Waals surface area contributed by atoms with E-state index in [2.05, 4.69) is 32.0 Å². The highest BCUT2D eigenvalue weighted by molar-refractivity contribution is 5.35. The first kappa shape index (κ1) is 10.7. The molecule has 1 fully saturated rings. The molecule has 1 saturated carbocycles. The fraction of sp³-hybridized carbons (Fsp3) is 0.571. The van der Waals surface area contributed by atoms with E-state index in [0.29, 0.717) is 0 Å². The van der Waals surface area contributed by atoms with Crippen molar-refractivity contribution < 1.29 is 5.11 Å². The van der Waals surface area contributed by atoms with Gasteiger partial charge in [-0.15, -0.1) is 0 Å². The molecule has 1 aromatic rings. The Hall–Kier alpha value is -0.820. The molecule has 1 aliphatic carbocycles. The largest absolute Gasteiger partial charge is 0.393 e. The first-order valence-corrected chi connectivity index (χ1v) is 5.78. The maximum absolute atomic E-state index is 9.79. The highest BCUT2D eigenvalue weighted by atomic mass is 16.3. The lowest BCUT2D eigenvalue weighted by Gasteiger charge is -2.21. The van der Waals surface area contributed by atoms with Crippen LogP contribution >= 0.6 is 0 Å². The highest BCUT2D eigenvalue weighted by Gasteiger charge is 2.46. The minimum Gasteiger partial charge on any atom is -0.393 e. The molecule has 1 unspecified atom stereocenters. The van der Waals surface area contributed by atoms with Gasteiger partial charge in [-0.1, -0.05) is 18.2 Å². The summed E-state index contributed by atoms with van der Waals surface area (Å²) >= 11 is 0. The lowest BCUT2D eigenvalue weighted by molar-refractivity contribution is 0.110. The summed E-state index contributed by atoms with van der Waals surface area (Å²) in [6, 6.07) is 6.44. The molecular weight excluding hydrogens is 184 g/mol. The Balaban J connectivity index is 2.25. The summed E-state index contributed by atoms with van der Waals surface area (Å²) in [5.41, 5.74) is 4.36. The molecular formula is C14H20O. The van der Waals surface area contributed by atoms with Gasteiger partial charge in [0.2, 0.25) is 0 Å². The van der Waals surface area contributed by atoms with E-state index in [0.717, 1.165) is 6.42 Å². The van der Waals surface area contributed by atoms with E-state index >= 15 is 0 Å². The molecule has 0 spiro atoms. The molecule has 0 aliphatic heterocycles. The van der Waals surface area contributed by atoms with E-state index < -0.39 is 0 Å². The van der Waals surface area contributed by atoms with Gasteiger partial charge in [-0.2, -0.15) is 0 Å². The lowest BCUT2D eigenvalue weighted by atomic mass is 9.87. The van der Waals surface area contributed by atoms with Crippen LogP contribution in [0.4, 0.5) is 0 Å². The Labute approximate surface area is 92.1 Å². The van der Waals surface area contributed by atoms with Crippen LogP contribution in [-0.2, 0) is 6.42 Å². The maximum atomic E-state index is 9.79. The van der Waals surface area contributed by atoms with Gasteiger partial charge < -0.3 is 5.11 Å². The second kappa shape index (κ2) is 3.64. The van der Waals surface area contributed by atoms with E-state index in [1.165, 1.54) is 29.5 Å². The van der Waals surface area contributed by atoms with Gasteiger partial charge >= 0.3 is 0 Å². The molecule has 1 aliphatic rings. The zero-order chi connectivity index (χ0) is 11.1. The van der Waals surface area contributed by atoms with Gasteiger partial charge in [0.25, 0.3) is 0 Å². The Morgan fingerprint density at radius 3 is 2.20 bits per heavy atom. The maximum Gasteiger partial charge on any atom is 0.0571 e. The van der Waals surface area contributed by atoms with Crippen LogP contribution in [0.25, 0.3) is 0 Å². The topological polar surface area (TPSA) is 20.2 Å². The fourth-order valence-electron chi connectivity index (χ4n) is 2.38. The number of benzene rings is 1. The monoisotopic (exact) mass is 204 g/mol. The van der Waals surface area contributed by atoms with Crippen molar-refractivity contribution in [1.29, 1.82) is 0 Å². The first-order chi connectivity index (χ1) is 7.05. The van der Waals surface area contributed by atoms with Gasteiger partial charge in [0.15, 0.2) is 0 Å². The van der Waals surface area contributed by atoms with Gasteiger partial charge in [-0.25, -0.2) is 0 Å². The zero-order valence-corrected chi connectivity index (χ0v) is 9.88. The molecule has 1 N–H and O–H groups in total. The summed E-state index contributed by atoms with van der Waals surface area (Å²) in [7, 11) is 0. The number of aliphatic hydroxyl groups is 1.